The SMILES string of the molecule is C[C@@](O)(c1ccc2ncc(-c3nc(N[C@H]4CNCC[C@@H]4F)ncc3F)n2c1)C(F)(F)F. The quantitative estimate of drug-likeness (QED) is 0.539. The number of hydrogen-bond acceptors (Lipinski definition) is 6. The Hall–Kier alpha value is -2.86. The van der Waals surface area contributed by atoms with Crippen LogP contribution in [0.1, 0.15) is 18.9 Å². The molecule has 0 amide bonds. The Kier molecular flexibility index (Phi) is 5.30. The molecule has 3 aromatic rings. The van der Waals surface area contributed by atoms with Gasteiger partial charge in [0.2, 0.25) is 5.95 Å². The Labute approximate surface area is 173 Å². The monoisotopic (exact) mass is 442 g/mol. The molecule has 0 spiro atoms. The van der Waals surface area contributed by atoms with E-state index >= 15 is 0 Å². The van der Waals surface area contributed by atoms with E-state index in [0.717, 1.165) is 18.5 Å². The number of piperidine rings is 1. The fraction of sp³-hybridized carbons (Fsp3) is 0.421. The number of hydrogen-bond donors (Lipinski definition) is 3. The first-order chi connectivity index (χ1) is 14.6. The number of fused-ring (bicyclic) bond motifs is 1. The van der Waals surface area contributed by atoms with Crippen molar-refractivity contribution in [3.8, 4) is 11.4 Å². The third-order valence-electron chi connectivity index (χ3n) is 5.32. The summed E-state index contributed by atoms with van der Waals surface area (Å²) in [5.41, 5.74) is -3.52. The molecule has 0 aliphatic carbocycles. The first-order valence-corrected chi connectivity index (χ1v) is 9.49. The molecular formula is C19H19F5N6O. The summed E-state index contributed by atoms with van der Waals surface area (Å²) in [5.74, 6) is -0.861. The van der Waals surface area contributed by atoms with Crippen molar-refractivity contribution < 1.29 is 27.1 Å². The number of aromatic nitrogens is 4. The summed E-state index contributed by atoms with van der Waals surface area (Å²) in [5, 5.41) is 15.8. The second-order valence-corrected chi connectivity index (χ2v) is 7.51. The maximum Gasteiger partial charge on any atom is 0.421 e. The molecule has 0 saturated carbocycles. The van der Waals surface area contributed by atoms with Gasteiger partial charge in [-0.15, -0.1) is 0 Å². The van der Waals surface area contributed by atoms with Crippen LogP contribution in [0.5, 0.6) is 0 Å². The van der Waals surface area contributed by atoms with Crippen LogP contribution < -0.4 is 10.6 Å². The molecule has 3 atom stereocenters. The molecule has 0 bridgehead atoms. The van der Waals surface area contributed by atoms with Crippen LogP contribution in [0.25, 0.3) is 17.0 Å². The number of alkyl halides is 4. The third kappa shape index (κ3) is 3.92. The summed E-state index contributed by atoms with van der Waals surface area (Å²) in [6.07, 6.45) is -2.58. The second kappa shape index (κ2) is 7.68. The van der Waals surface area contributed by atoms with Crippen LogP contribution in [0.2, 0.25) is 0 Å². The molecule has 12 heteroatoms. The van der Waals surface area contributed by atoms with E-state index in [1.54, 1.807) is 0 Å². The lowest BCUT2D eigenvalue weighted by Gasteiger charge is -2.27. The van der Waals surface area contributed by atoms with Gasteiger partial charge in [-0.1, -0.05) is 6.07 Å². The lowest BCUT2D eigenvalue weighted by atomic mass is 9.97. The highest BCUT2D eigenvalue weighted by molar-refractivity contribution is 5.62. The van der Waals surface area contributed by atoms with E-state index in [1.807, 2.05) is 0 Å². The average Bonchev–Trinajstić information content (AvgIpc) is 3.13. The van der Waals surface area contributed by atoms with Gasteiger partial charge in [0, 0.05) is 18.3 Å². The van der Waals surface area contributed by atoms with Crippen LogP contribution in [0.3, 0.4) is 0 Å². The van der Waals surface area contributed by atoms with E-state index in [2.05, 4.69) is 25.6 Å². The number of aliphatic hydroxyl groups is 1. The van der Waals surface area contributed by atoms with Gasteiger partial charge in [0.05, 0.1) is 24.1 Å². The van der Waals surface area contributed by atoms with E-state index in [0.29, 0.717) is 26.4 Å². The highest BCUT2D eigenvalue weighted by Crippen LogP contribution is 2.38. The van der Waals surface area contributed by atoms with E-state index in [-0.39, 0.29) is 23.0 Å². The van der Waals surface area contributed by atoms with Crippen LogP contribution in [0.15, 0.2) is 30.7 Å². The van der Waals surface area contributed by atoms with Gasteiger partial charge in [-0.25, -0.2) is 23.7 Å². The standard InChI is InChI=1S/C19H19F5N6O/c1-18(31,19(22,23)24)10-2-3-15-26-8-14(30(15)9-10)16-12(21)6-27-17(29-16)28-13-7-25-5-4-11(13)20/h2-3,6,8-9,11,13,25,31H,4-5,7H2,1H3,(H,27,28,29)/t11-,13-,18+/m0/s1. The normalized spacial score (nSPS) is 21.8. The Morgan fingerprint density at radius 1 is 1.23 bits per heavy atom. The zero-order valence-electron chi connectivity index (χ0n) is 16.3. The number of halogens is 5. The van der Waals surface area contributed by atoms with E-state index in [9.17, 15) is 27.1 Å². The Balaban J connectivity index is 1.74. The van der Waals surface area contributed by atoms with E-state index in [1.165, 1.54) is 16.7 Å². The van der Waals surface area contributed by atoms with Crippen molar-refractivity contribution >= 4 is 11.6 Å². The molecular weight excluding hydrogens is 423 g/mol. The van der Waals surface area contributed by atoms with Gasteiger partial charge in [0.15, 0.2) is 11.4 Å². The number of nitrogens with zero attached hydrogens (tertiary/aromatic N) is 4. The number of imidazole rings is 1. The molecule has 4 rings (SSSR count). The van der Waals surface area contributed by atoms with Gasteiger partial charge < -0.3 is 15.7 Å². The average molecular weight is 442 g/mol. The van der Waals surface area contributed by atoms with Crippen LogP contribution in [0, 0.1) is 5.82 Å². The lowest BCUT2D eigenvalue weighted by Crippen LogP contribution is -2.46. The van der Waals surface area contributed by atoms with Crippen LogP contribution in [-0.4, -0.2) is 55.9 Å². The van der Waals surface area contributed by atoms with Gasteiger partial charge in [-0.05, 0) is 26.0 Å². The van der Waals surface area contributed by atoms with Gasteiger partial charge in [-0.3, -0.25) is 4.40 Å². The molecule has 166 valence electrons. The van der Waals surface area contributed by atoms with Gasteiger partial charge in [0.25, 0.3) is 0 Å². The summed E-state index contributed by atoms with van der Waals surface area (Å²) in [4.78, 5) is 12.0. The van der Waals surface area contributed by atoms with E-state index in [4.69, 9.17) is 0 Å². The summed E-state index contributed by atoms with van der Waals surface area (Å²) in [7, 11) is 0. The summed E-state index contributed by atoms with van der Waals surface area (Å²) < 4.78 is 69.5. The first kappa shape index (κ1) is 21.4. The van der Waals surface area contributed by atoms with Crippen molar-refractivity contribution in [2.75, 3.05) is 18.4 Å². The van der Waals surface area contributed by atoms with Crippen LogP contribution >= 0.6 is 0 Å². The molecule has 3 N–H and O–H groups in total. The Bertz CT molecular complexity index is 1100. The minimum Gasteiger partial charge on any atom is -0.376 e. The molecule has 1 saturated heterocycles. The molecule has 0 unspecified atom stereocenters. The van der Waals surface area contributed by atoms with Crippen molar-refractivity contribution in [1.29, 1.82) is 0 Å². The number of rotatable bonds is 4. The minimum atomic E-state index is -4.92. The molecule has 0 aromatic carbocycles. The van der Waals surface area contributed by atoms with Gasteiger partial charge in [0.1, 0.15) is 17.5 Å². The number of anilines is 1. The first-order valence-electron chi connectivity index (χ1n) is 9.49. The number of nitrogens with one attached hydrogen (secondary N) is 2. The van der Waals surface area contributed by atoms with Crippen LogP contribution in [0.4, 0.5) is 27.9 Å². The fourth-order valence-electron chi connectivity index (χ4n) is 3.36. The molecule has 3 aromatic heterocycles. The number of pyridine rings is 1. The van der Waals surface area contributed by atoms with Crippen molar-refractivity contribution in [3.63, 3.8) is 0 Å². The predicted molar refractivity (Wildman–Crippen MR) is 102 cm³/mol. The smallest absolute Gasteiger partial charge is 0.376 e. The molecule has 0 radical (unpaired) electrons. The Morgan fingerprint density at radius 2 is 2.00 bits per heavy atom. The topological polar surface area (TPSA) is 87.4 Å². The highest BCUT2D eigenvalue weighted by Gasteiger charge is 2.51. The van der Waals surface area contributed by atoms with Gasteiger partial charge in [-0.2, -0.15) is 13.2 Å². The van der Waals surface area contributed by atoms with Gasteiger partial charge >= 0.3 is 6.18 Å². The van der Waals surface area contributed by atoms with Crippen molar-refractivity contribution in [2.24, 2.45) is 0 Å². The van der Waals surface area contributed by atoms with Crippen LogP contribution in [-0.2, 0) is 5.60 Å². The molecule has 1 aliphatic rings. The van der Waals surface area contributed by atoms with Crippen molar-refractivity contribution in [1.82, 2.24) is 24.7 Å². The molecule has 1 fully saturated rings. The highest BCUT2D eigenvalue weighted by atomic mass is 19.4. The summed E-state index contributed by atoms with van der Waals surface area (Å²) >= 11 is 0. The second-order valence-electron chi connectivity index (χ2n) is 7.51. The maximum atomic E-state index is 14.5. The van der Waals surface area contributed by atoms with E-state index < -0.39 is 35.4 Å². The lowest BCUT2D eigenvalue weighted by molar-refractivity contribution is -0.259. The minimum absolute atomic E-state index is 0.0267. The third-order valence-corrected chi connectivity index (χ3v) is 5.32. The zero-order valence-corrected chi connectivity index (χ0v) is 16.3. The molecule has 1 aliphatic heterocycles. The molecule has 7 nitrogen and oxygen atoms in total. The van der Waals surface area contributed by atoms with Crippen molar-refractivity contribution in [2.45, 2.75) is 37.3 Å². The summed E-state index contributed by atoms with van der Waals surface area (Å²) in [6.45, 7) is 1.51. The molecule has 4 heterocycles. The van der Waals surface area contributed by atoms with Crippen molar-refractivity contribution in [3.05, 3.63) is 42.1 Å². The fourth-order valence-corrected chi connectivity index (χ4v) is 3.36. The maximum absolute atomic E-state index is 14.5. The largest absolute Gasteiger partial charge is 0.421 e. The molecule has 31 heavy (non-hydrogen) atoms. The predicted octanol–water partition coefficient (Wildman–Crippen LogP) is 2.81. The zero-order chi connectivity index (χ0) is 22.4. The Morgan fingerprint density at radius 3 is 2.71 bits per heavy atom. The summed E-state index contributed by atoms with van der Waals surface area (Å²) in [6, 6.07) is 1.77.